The van der Waals surface area contributed by atoms with Gasteiger partial charge in [0.2, 0.25) is 0 Å². The van der Waals surface area contributed by atoms with Gasteiger partial charge in [-0.2, -0.15) is 5.10 Å². The van der Waals surface area contributed by atoms with E-state index in [9.17, 15) is 13.6 Å². The number of hydrogen-bond acceptors (Lipinski definition) is 4. The van der Waals surface area contributed by atoms with Gasteiger partial charge in [0.15, 0.2) is 11.6 Å². The van der Waals surface area contributed by atoms with E-state index in [0.717, 1.165) is 40.3 Å². The van der Waals surface area contributed by atoms with Crippen LogP contribution in [0.25, 0.3) is 11.1 Å². The highest BCUT2D eigenvalue weighted by atomic mass is 32.1. The van der Waals surface area contributed by atoms with Crippen LogP contribution in [-0.2, 0) is 12.8 Å². The van der Waals surface area contributed by atoms with Crippen LogP contribution in [0.1, 0.15) is 32.7 Å². The minimum atomic E-state index is -0.912. The lowest BCUT2D eigenvalue weighted by molar-refractivity contribution is 0.0942. The van der Waals surface area contributed by atoms with Crippen LogP contribution in [0.4, 0.5) is 8.78 Å². The lowest BCUT2D eigenvalue weighted by atomic mass is 10.0. The second-order valence-electron chi connectivity index (χ2n) is 6.55. The Labute approximate surface area is 166 Å². The number of hydrogen-bond donors (Lipinski definition) is 3. The third-order valence-corrected chi connectivity index (χ3v) is 5.64. The number of carbonyl (C=O) groups excluding carboxylic acids is 1. The van der Waals surface area contributed by atoms with Gasteiger partial charge in [0.05, 0.1) is 11.1 Å². The topological polar surface area (TPSA) is 83.8 Å². The fraction of sp³-hybridized carbons (Fsp3) is 0.300. The number of aryl methyl sites for hydroxylation is 2. The summed E-state index contributed by atoms with van der Waals surface area (Å²) in [6.45, 7) is 4.19. The molecular formula is C20H22F2N4OS. The van der Waals surface area contributed by atoms with Crippen molar-refractivity contribution in [2.24, 2.45) is 5.73 Å². The fourth-order valence-corrected chi connectivity index (χ4v) is 4.01. The number of amides is 1. The van der Waals surface area contributed by atoms with Crippen molar-refractivity contribution in [1.29, 1.82) is 0 Å². The number of thiophene rings is 1. The molecule has 3 aromatic rings. The maximum absolute atomic E-state index is 13.4. The van der Waals surface area contributed by atoms with E-state index in [-0.39, 0.29) is 18.5 Å². The predicted molar refractivity (Wildman–Crippen MR) is 106 cm³/mol. The van der Waals surface area contributed by atoms with Crippen LogP contribution in [0, 0.1) is 18.6 Å². The van der Waals surface area contributed by atoms with Gasteiger partial charge in [0, 0.05) is 28.7 Å². The monoisotopic (exact) mass is 404 g/mol. The second kappa shape index (κ2) is 8.62. The maximum atomic E-state index is 13.4. The van der Waals surface area contributed by atoms with Crippen molar-refractivity contribution in [2.75, 3.05) is 6.54 Å². The van der Waals surface area contributed by atoms with Gasteiger partial charge < -0.3 is 11.1 Å². The van der Waals surface area contributed by atoms with E-state index in [1.165, 1.54) is 17.4 Å². The summed E-state index contributed by atoms with van der Waals surface area (Å²) < 4.78 is 26.5. The quantitative estimate of drug-likeness (QED) is 0.563. The zero-order valence-electron chi connectivity index (χ0n) is 15.7. The summed E-state index contributed by atoms with van der Waals surface area (Å²) in [6.07, 6.45) is 2.90. The number of nitrogens with two attached hydrogens (primary N) is 1. The number of aromatic nitrogens is 2. The van der Waals surface area contributed by atoms with Gasteiger partial charge in [-0.25, -0.2) is 8.78 Å². The SMILES string of the molecule is CCc1[nH]ncc1-c1cc(C(=O)NC(CN)Cc2ccc(F)c(F)c2)sc1C. The number of nitrogens with zero attached hydrogens (tertiary/aromatic N) is 1. The lowest BCUT2D eigenvalue weighted by Crippen LogP contribution is -2.41. The van der Waals surface area contributed by atoms with Crippen LogP contribution in [0.15, 0.2) is 30.5 Å². The largest absolute Gasteiger partial charge is 0.347 e. The molecule has 148 valence electrons. The number of carbonyl (C=O) groups is 1. The average molecular weight is 404 g/mol. The van der Waals surface area contributed by atoms with Gasteiger partial charge in [-0.3, -0.25) is 9.89 Å². The van der Waals surface area contributed by atoms with E-state index in [1.54, 1.807) is 6.20 Å². The number of rotatable bonds is 7. The highest BCUT2D eigenvalue weighted by molar-refractivity contribution is 7.14. The molecule has 0 radical (unpaired) electrons. The Kier molecular flexibility index (Phi) is 6.21. The molecule has 0 aliphatic heterocycles. The van der Waals surface area contributed by atoms with Crippen molar-refractivity contribution in [2.45, 2.75) is 32.7 Å². The zero-order chi connectivity index (χ0) is 20.3. The molecule has 0 saturated carbocycles. The van der Waals surface area contributed by atoms with E-state index in [0.29, 0.717) is 16.9 Å². The van der Waals surface area contributed by atoms with E-state index in [4.69, 9.17) is 5.73 Å². The first-order chi connectivity index (χ1) is 13.4. The van der Waals surface area contributed by atoms with E-state index in [1.807, 2.05) is 19.9 Å². The Morgan fingerprint density at radius 1 is 1.29 bits per heavy atom. The summed E-state index contributed by atoms with van der Waals surface area (Å²) in [6, 6.07) is 5.16. The Bertz CT molecular complexity index is 982. The Balaban J connectivity index is 1.74. The molecule has 0 aliphatic rings. The van der Waals surface area contributed by atoms with E-state index < -0.39 is 11.6 Å². The molecule has 3 rings (SSSR count). The van der Waals surface area contributed by atoms with Crippen molar-refractivity contribution in [1.82, 2.24) is 15.5 Å². The normalized spacial score (nSPS) is 12.2. The van der Waals surface area contributed by atoms with Crippen LogP contribution < -0.4 is 11.1 Å². The third kappa shape index (κ3) is 4.28. The molecule has 2 heterocycles. The molecule has 1 aromatic carbocycles. The molecule has 8 heteroatoms. The predicted octanol–water partition coefficient (Wildman–Crippen LogP) is 3.59. The summed E-state index contributed by atoms with van der Waals surface area (Å²) in [7, 11) is 0. The van der Waals surface area contributed by atoms with Gasteiger partial charge in [0.25, 0.3) is 5.91 Å². The van der Waals surface area contributed by atoms with Gasteiger partial charge >= 0.3 is 0 Å². The van der Waals surface area contributed by atoms with E-state index in [2.05, 4.69) is 15.5 Å². The Morgan fingerprint density at radius 3 is 2.75 bits per heavy atom. The van der Waals surface area contributed by atoms with Gasteiger partial charge in [-0.05, 0) is 49.1 Å². The second-order valence-corrected chi connectivity index (χ2v) is 7.81. The number of H-pyrrole nitrogens is 1. The molecule has 28 heavy (non-hydrogen) atoms. The Morgan fingerprint density at radius 2 is 2.07 bits per heavy atom. The summed E-state index contributed by atoms with van der Waals surface area (Å²) in [5, 5.41) is 9.96. The van der Waals surface area contributed by atoms with Gasteiger partial charge in [-0.15, -0.1) is 11.3 Å². The van der Waals surface area contributed by atoms with Crippen molar-refractivity contribution >= 4 is 17.2 Å². The molecule has 5 nitrogen and oxygen atoms in total. The van der Waals surface area contributed by atoms with Crippen molar-refractivity contribution in [3.8, 4) is 11.1 Å². The van der Waals surface area contributed by atoms with E-state index >= 15 is 0 Å². The fourth-order valence-electron chi connectivity index (χ4n) is 3.08. The van der Waals surface area contributed by atoms with Crippen LogP contribution in [0.5, 0.6) is 0 Å². The first-order valence-electron chi connectivity index (χ1n) is 9.00. The molecule has 1 unspecified atom stereocenters. The van der Waals surface area contributed by atoms with Crippen LogP contribution >= 0.6 is 11.3 Å². The smallest absolute Gasteiger partial charge is 0.261 e. The van der Waals surface area contributed by atoms with Crippen LogP contribution in [-0.4, -0.2) is 28.7 Å². The number of benzene rings is 1. The number of aromatic amines is 1. The Hall–Kier alpha value is -2.58. The summed E-state index contributed by atoms with van der Waals surface area (Å²) >= 11 is 1.40. The van der Waals surface area contributed by atoms with Crippen LogP contribution in [0.3, 0.4) is 0 Å². The lowest BCUT2D eigenvalue weighted by Gasteiger charge is -2.16. The minimum absolute atomic E-state index is 0.184. The summed E-state index contributed by atoms with van der Waals surface area (Å²) in [4.78, 5) is 14.3. The number of nitrogens with one attached hydrogen (secondary N) is 2. The molecule has 0 saturated heterocycles. The molecule has 1 amide bonds. The molecule has 2 aromatic heterocycles. The van der Waals surface area contributed by atoms with Gasteiger partial charge in [0.1, 0.15) is 0 Å². The van der Waals surface area contributed by atoms with Crippen molar-refractivity contribution in [3.05, 3.63) is 63.1 Å². The third-order valence-electron chi connectivity index (χ3n) is 4.59. The van der Waals surface area contributed by atoms with Crippen molar-refractivity contribution < 1.29 is 13.6 Å². The molecule has 0 aliphatic carbocycles. The van der Waals surface area contributed by atoms with Crippen molar-refractivity contribution in [3.63, 3.8) is 0 Å². The molecular weight excluding hydrogens is 382 g/mol. The first kappa shape index (κ1) is 20.2. The minimum Gasteiger partial charge on any atom is -0.347 e. The first-order valence-corrected chi connectivity index (χ1v) is 9.82. The highest BCUT2D eigenvalue weighted by Gasteiger charge is 2.19. The molecule has 0 fully saturated rings. The molecule has 4 N–H and O–H groups in total. The average Bonchev–Trinajstić information content (AvgIpc) is 3.29. The molecule has 0 bridgehead atoms. The standard InChI is InChI=1S/C20H22F2N4OS/c1-3-18-15(10-24-26-18)14-8-19(28-11(14)2)20(27)25-13(9-23)6-12-4-5-16(21)17(22)7-12/h4-5,7-8,10,13H,3,6,9,23H2,1-2H3,(H,24,26)(H,25,27). The van der Waals surface area contributed by atoms with Crippen LogP contribution in [0.2, 0.25) is 0 Å². The molecule has 0 spiro atoms. The van der Waals surface area contributed by atoms with Gasteiger partial charge in [-0.1, -0.05) is 13.0 Å². The summed E-state index contributed by atoms with van der Waals surface area (Å²) in [5.41, 5.74) is 9.34. The highest BCUT2D eigenvalue weighted by Crippen LogP contribution is 2.32. The number of halogens is 2. The molecule has 1 atom stereocenters. The summed E-state index contributed by atoms with van der Waals surface area (Å²) in [5.74, 6) is -2.05. The zero-order valence-corrected chi connectivity index (χ0v) is 16.5. The maximum Gasteiger partial charge on any atom is 0.261 e.